The minimum atomic E-state index is -4.14. The molecule has 0 heterocycles. The Kier molecular flexibility index (Phi) is 4.47. The zero-order chi connectivity index (χ0) is 17.3. The van der Waals surface area contributed by atoms with Crippen molar-refractivity contribution in [2.24, 2.45) is 5.92 Å². The number of hydrogen-bond acceptors (Lipinski definition) is 3. The minimum Gasteiger partial charge on any atom is -0.324 e. The first-order valence-electron chi connectivity index (χ1n) is 7.24. The Bertz CT molecular complexity index is 898. The van der Waals surface area contributed by atoms with Crippen LogP contribution in [0.3, 0.4) is 0 Å². The zero-order valence-electron chi connectivity index (χ0n) is 12.4. The van der Waals surface area contributed by atoms with E-state index < -0.39 is 20.7 Å². The van der Waals surface area contributed by atoms with Crippen LogP contribution in [-0.2, 0) is 14.8 Å². The van der Waals surface area contributed by atoms with Crippen LogP contribution in [0.1, 0.15) is 12.8 Å². The van der Waals surface area contributed by atoms with Gasteiger partial charge in [0.15, 0.2) is 0 Å². The molecule has 2 N–H and O–H groups in total. The molecule has 0 saturated heterocycles. The highest BCUT2D eigenvalue weighted by molar-refractivity contribution is 7.92. The normalized spacial score (nSPS) is 14.2. The van der Waals surface area contributed by atoms with Gasteiger partial charge >= 0.3 is 0 Å². The van der Waals surface area contributed by atoms with Crippen LogP contribution >= 0.6 is 11.6 Å². The quantitative estimate of drug-likeness (QED) is 0.846. The van der Waals surface area contributed by atoms with Gasteiger partial charge in [0.1, 0.15) is 10.7 Å². The Morgan fingerprint density at radius 1 is 1.12 bits per heavy atom. The van der Waals surface area contributed by atoms with Crippen LogP contribution in [0.25, 0.3) is 0 Å². The summed E-state index contributed by atoms with van der Waals surface area (Å²) in [5.74, 6) is -1.11. The molecule has 1 fully saturated rings. The summed E-state index contributed by atoms with van der Waals surface area (Å²) in [4.78, 5) is 11.5. The first-order valence-corrected chi connectivity index (χ1v) is 9.11. The molecule has 0 unspecified atom stereocenters. The van der Waals surface area contributed by atoms with Gasteiger partial charge in [-0.1, -0.05) is 23.7 Å². The fourth-order valence-corrected chi connectivity index (χ4v) is 3.48. The van der Waals surface area contributed by atoms with Crippen molar-refractivity contribution < 1.29 is 17.6 Å². The van der Waals surface area contributed by atoms with Crippen LogP contribution in [0.4, 0.5) is 15.8 Å². The van der Waals surface area contributed by atoms with E-state index in [0.29, 0.717) is 5.02 Å². The summed E-state index contributed by atoms with van der Waals surface area (Å²) in [5, 5.41) is 3.00. The number of benzene rings is 2. The van der Waals surface area contributed by atoms with Crippen molar-refractivity contribution in [2.75, 3.05) is 10.0 Å². The summed E-state index contributed by atoms with van der Waals surface area (Å²) in [6, 6.07) is 9.40. The van der Waals surface area contributed by atoms with Crippen molar-refractivity contribution >= 4 is 38.9 Å². The summed E-state index contributed by atoms with van der Waals surface area (Å²) in [6.45, 7) is 0. The van der Waals surface area contributed by atoms with E-state index in [-0.39, 0.29) is 23.2 Å². The summed E-state index contributed by atoms with van der Waals surface area (Å²) in [7, 11) is -4.14. The Hall–Kier alpha value is -2.12. The Balaban J connectivity index is 1.91. The van der Waals surface area contributed by atoms with Crippen LogP contribution in [0.5, 0.6) is 0 Å². The molecule has 0 bridgehead atoms. The van der Waals surface area contributed by atoms with Gasteiger partial charge in [-0.15, -0.1) is 0 Å². The highest BCUT2D eigenvalue weighted by Gasteiger charge is 2.30. The molecule has 8 heteroatoms. The highest BCUT2D eigenvalue weighted by atomic mass is 35.5. The molecule has 5 nitrogen and oxygen atoms in total. The molecule has 24 heavy (non-hydrogen) atoms. The topological polar surface area (TPSA) is 75.3 Å². The molecule has 1 aliphatic rings. The number of sulfonamides is 1. The van der Waals surface area contributed by atoms with Crippen molar-refractivity contribution in [2.45, 2.75) is 17.7 Å². The van der Waals surface area contributed by atoms with Gasteiger partial charge < -0.3 is 5.32 Å². The molecule has 126 valence electrons. The van der Waals surface area contributed by atoms with E-state index in [2.05, 4.69) is 10.0 Å². The van der Waals surface area contributed by atoms with Crippen LogP contribution in [0.15, 0.2) is 47.4 Å². The summed E-state index contributed by atoms with van der Waals surface area (Å²) >= 11 is 5.92. The number of hydrogen-bond donors (Lipinski definition) is 2. The largest absolute Gasteiger partial charge is 0.324 e. The monoisotopic (exact) mass is 368 g/mol. The third-order valence-corrected chi connectivity index (χ3v) is 5.19. The van der Waals surface area contributed by atoms with Gasteiger partial charge in [-0.25, -0.2) is 12.8 Å². The predicted octanol–water partition coefficient (Wildman–Crippen LogP) is 3.63. The molecule has 2 aromatic carbocycles. The minimum absolute atomic E-state index is 0.0555. The van der Waals surface area contributed by atoms with Crippen molar-refractivity contribution in [3.63, 3.8) is 0 Å². The van der Waals surface area contributed by atoms with E-state index in [0.717, 1.165) is 25.0 Å². The second-order valence-corrected chi connectivity index (χ2v) is 7.58. The molecule has 0 aromatic heterocycles. The molecule has 2 aromatic rings. The van der Waals surface area contributed by atoms with Gasteiger partial charge in [-0.2, -0.15) is 0 Å². The molecule has 3 rings (SSSR count). The average molecular weight is 369 g/mol. The lowest BCUT2D eigenvalue weighted by molar-refractivity contribution is -0.117. The number of amides is 1. The maximum Gasteiger partial charge on any atom is 0.264 e. The molecule has 0 atom stereocenters. The number of carbonyl (C=O) groups excluding carboxylic acids is 1. The van der Waals surface area contributed by atoms with Crippen molar-refractivity contribution in [1.29, 1.82) is 0 Å². The standard InChI is InChI=1S/C16H14ClFN2O3S/c17-11-7-8-13(14(9-11)19-16(21)10-5-6-10)20-24(22,23)15-4-2-1-3-12(15)18/h1-4,7-10,20H,5-6H2,(H,19,21). The highest BCUT2D eigenvalue weighted by Crippen LogP contribution is 2.33. The molecule has 1 amide bonds. The molecule has 1 aliphatic carbocycles. The molecule has 1 saturated carbocycles. The van der Waals surface area contributed by atoms with Crippen LogP contribution in [0.2, 0.25) is 5.02 Å². The lowest BCUT2D eigenvalue weighted by atomic mass is 10.2. The molecular weight excluding hydrogens is 355 g/mol. The van der Waals surface area contributed by atoms with Crippen LogP contribution in [0, 0.1) is 11.7 Å². The number of rotatable bonds is 5. The Morgan fingerprint density at radius 3 is 2.50 bits per heavy atom. The molecule has 0 radical (unpaired) electrons. The SMILES string of the molecule is O=C(Nc1cc(Cl)ccc1NS(=O)(=O)c1ccccc1F)C1CC1. The van der Waals surface area contributed by atoms with Crippen molar-refractivity contribution in [3.8, 4) is 0 Å². The van der Waals surface area contributed by atoms with Gasteiger partial charge in [0.2, 0.25) is 5.91 Å². The van der Waals surface area contributed by atoms with E-state index in [1.807, 2.05) is 0 Å². The molecule has 0 spiro atoms. The average Bonchev–Trinajstić information content (AvgIpc) is 3.35. The number of halogens is 2. The van der Waals surface area contributed by atoms with Crippen LogP contribution < -0.4 is 10.0 Å². The van der Waals surface area contributed by atoms with Gasteiger partial charge in [-0.05, 0) is 43.2 Å². The van der Waals surface area contributed by atoms with Crippen molar-refractivity contribution in [3.05, 3.63) is 53.3 Å². The maximum absolute atomic E-state index is 13.8. The Morgan fingerprint density at radius 2 is 1.83 bits per heavy atom. The first kappa shape index (κ1) is 16.7. The van der Waals surface area contributed by atoms with E-state index in [1.54, 1.807) is 0 Å². The van der Waals surface area contributed by atoms with E-state index in [4.69, 9.17) is 11.6 Å². The lowest BCUT2D eigenvalue weighted by Crippen LogP contribution is -2.18. The fourth-order valence-electron chi connectivity index (χ4n) is 2.15. The number of carbonyl (C=O) groups is 1. The fraction of sp³-hybridized carbons (Fsp3) is 0.188. The second-order valence-electron chi connectivity index (χ2n) is 5.49. The van der Waals surface area contributed by atoms with E-state index >= 15 is 0 Å². The number of nitrogens with one attached hydrogen (secondary N) is 2. The summed E-state index contributed by atoms with van der Waals surface area (Å²) in [5.41, 5.74) is 0.357. The molecule has 0 aliphatic heterocycles. The zero-order valence-corrected chi connectivity index (χ0v) is 14.0. The van der Waals surface area contributed by atoms with Gasteiger partial charge in [0.05, 0.1) is 11.4 Å². The van der Waals surface area contributed by atoms with Gasteiger partial charge in [0, 0.05) is 10.9 Å². The second kappa shape index (κ2) is 6.41. The Labute approximate surface area is 143 Å². The maximum atomic E-state index is 13.8. The smallest absolute Gasteiger partial charge is 0.264 e. The lowest BCUT2D eigenvalue weighted by Gasteiger charge is -2.14. The van der Waals surface area contributed by atoms with E-state index in [9.17, 15) is 17.6 Å². The van der Waals surface area contributed by atoms with Crippen LogP contribution in [-0.4, -0.2) is 14.3 Å². The number of anilines is 2. The summed E-state index contributed by atoms with van der Waals surface area (Å²) in [6.07, 6.45) is 1.62. The van der Waals surface area contributed by atoms with Gasteiger partial charge in [0.25, 0.3) is 10.0 Å². The van der Waals surface area contributed by atoms with Crippen molar-refractivity contribution in [1.82, 2.24) is 0 Å². The van der Waals surface area contributed by atoms with Gasteiger partial charge in [-0.3, -0.25) is 9.52 Å². The molecular formula is C16H14ClFN2O3S. The third-order valence-electron chi connectivity index (χ3n) is 3.56. The summed E-state index contributed by atoms with van der Waals surface area (Å²) < 4.78 is 40.9. The first-order chi connectivity index (χ1) is 11.4. The van der Waals surface area contributed by atoms with E-state index in [1.165, 1.54) is 30.3 Å². The third kappa shape index (κ3) is 3.68. The predicted molar refractivity (Wildman–Crippen MR) is 90.0 cm³/mol.